The zero-order chi connectivity index (χ0) is 42.2. The van der Waals surface area contributed by atoms with Crippen molar-refractivity contribution in [3.8, 4) is 5.75 Å². The summed E-state index contributed by atoms with van der Waals surface area (Å²) in [7, 11) is 0. The fourth-order valence-corrected chi connectivity index (χ4v) is 8.69. The zero-order valence-electron chi connectivity index (χ0n) is 34.0. The van der Waals surface area contributed by atoms with Crippen LogP contribution in [0.15, 0.2) is 24.3 Å². The quantitative estimate of drug-likeness (QED) is 0.0618. The Bertz CT molecular complexity index is 1580. The number of primary amides is 1. The highest BCUT2D eigenvalue weighted by atomic mass is 16.3. The van der Waals surface area contributed by atoms with Crippen LogP contribution in [0.3, 0.4) is 0 Å². The van der Waals surface area contributed by atoms with Crippen molar-refractivity contribution in [2.75, 3.05) is 13.1 Å². The Labute approximate surface area is 340 Å². The van der Waals surface area contributed by atoms with Crippen LogP contribution >= 0.6 is 0 Å². The van der Waals surface area contributed by atoms with Gasteiger partial charge in [0.1, 0.15) is 23.9 Å². The molecule has 17 heteroatoms. The molecule has 1 aromatic carbocycles. The van der Waals surface area contributed by atoms with E-state index in [0.717, 1.165) is 19.3 Å². The molecular formula is C41H67N9O8+2. The summed E-state index contributed by atoms with van der Waals surface area (Å²) in [5.41, 5.74) is 14.0. The number of phenols is 1. The van der Waals surface area contributed by atoms with Gasteiger partial charge in [0.2, 0.25) is 41.4 Å². The number of amides is 7. The van der Waals surface area contributed by atoms with Crippen LogP contribution in [0.4, 0.5) is 0 Å². The van der Waals surface area contributed by atoms with Gasteiger partial charge in [-0.15, -0.1) is 0 Å². The molecule has 15 N–H and O–H groups in total. The zero-order valence-corrected chi connectivity index (χ0v) is 34.0. The predicted molar refractivity (Wildman–Crippen MR) is 213 cm³/mol. The second-order valence-electron chi connectivity index (χ2n) is 16.3. The first kappa shape index (κ1) is 45.9. The molecule has 0 heterocycles. The molecule has 3 fully saturated rings. The molecule has 0 aromatic heterocycles. The fraction of sp³-hybridized carbons (Fsp3) is 0.683. The summed E-state index contributed by atoms with van der Waals surface area (Å²) < 4.78 is 0. The summed E-state index contributed by atoms with van der Waals surface area (Å²) in [6.45, 7) is 2.80. The maximum atomic E-state index is 14.1. The lowest BCUT2D eigenvalue weighted by molar-refractivity contribution is -0.368. The number of nitrogens with two attached hydrogens (primary N) is 1. The predicted octanol–water partition coefficient (Wildman–Crippen LogP) is -1.43. The van der Waals surface area contributed by atoms with E-state index in [1.54, 1.807) is 12.1 Å². The average Bonchev–Trinajstić information content (AvgIpc) is 3.96. The maximum absolute atomic E-state index is 14.1. The molecule has 0 radical (unpaired) electrons. The van der Waals surface area contributed by atoms with Gasteiger partial charge in [0, 0.05) is 31.5 Å². The van der Waals surface area contributed by atoms with Gasteiger partial charge >= 0.3 is 0 Å². The van der Waals surface area contributed by atoms with Crippen molar-refractivity contribution in [1.29, 1.82) is 0 Å². The third kappa shape index (κ3) is 13.7. The number of unbranched alkanes of at least 4 members (excludes halogenated alkanes) is 2. The first-order valence-corrected chi connectivity index (χ1v) is 21.3. The molecule has 7 amide bonds. The molecule has 0 bridgehead atoms. The Kier molecular flexibility index (Phi) is 18.2. The second-order valence-corrected chi connectivity index (χ2v) is 16.3. The van der Waals surface area contributed by atoms with E-state index in [2.05, 4.69) is 43.4 Å². The van der Waals surface area contributed by atoms with Gasteiger partial charge in [-0.25, -0.2) is 0 Å². The molecule has 3 aliphatic rings. The number of rotatable bonds is 22. The lowest BCUT2D eigenvalue weighted by Gasteiger charge is -2.28. The van der Waals surface area contributed by atoms with Crippen molar-refractivity contribution in [3.63, 3.8) is 0 Å². The van der Waals surface area contributed by atoms with E-state index >= 15 is 0 Å². The molecule has 17 nitrogen and oxygen atoms in total. The molecule has 0 spiro atoms. The minimum absolute atomic E-state index is 0.0513. The summed E-state index contributed by atoms with van der Waals surface area (Å²) >= 11 is 0. The summed E-state index contributed by atoms with van der Waals surface area (Å²) in [6, 6.07) is 2.25. The van der Waals surface area contributed by atoms with Crippen LogP contribution in [0.1, 0.15) is 109 Å². The van der Waals surface area contributed by atoms with Gasteiger partial charge in [-0.05, 0) is 94.7 Å². The summed E-state index contributed by atoms with van der Waals surface area (Å²) in [6.07, 6.45) is 9.28. The molecular weight excluding hydrogens is 747 g/mol. The average molecular weight is 814 g/mol. The molecule has 0 saturated heterocycles. The summed E-state index contributed by atoms with van der Waals surface area (Å²) in [4.78, 5) is 92.6. The van der Waals surface area contributed by atoms with Crippen molar-refractivity contribution in [3.05, 3.63) is 29.8 Å². The number of hydrogen-bond donors (Lipinski definition) is 10. The van der Waals surface area contributed by atoms with Crippen LogP contribution in [0.25, 0.3) is 0 Å². The molecule has 6 unspecified atom stereocenters. The Morgan fingerprint density at radius 2 is 1.03 bits per heavy atom. The molecule has 322 valence electrons. The fourth-order valence-electron chi connectivity index (χ4n) is 8.69. The summed E-state index contributed by atoms with van der Waals surface area (Å²) in [5.74, 6) is -4.38. The second kappa shape index (κ2) is 23.0. The highest BCUT2D eigenvalue weighted by Crippen LogP contribution is 2.29. The van der Waals surface area contributed by atoms with E-state index in [4.69, 9.17) is 5.73 Å². The number of phenolic OH excluding ortho intramolecular Hbond substituents is 1. The molecule has 0 aliphatic heterocycles. The number of quaternary nitrogens is 2. The lowest BCUT2D eigenvalue weighted by atomic mass is 9.97. The van der Waals surface area contributed by atoms with E-state index in [-0.39, 0.29) is 41.8 Å². The third-order valence-corrected chi connectivity index (χ3v) is 11.9. The third-order valence-electron chi connectivity index (χ3n) is 11.9. The van der Waals surface area contributed by atoms with Crippen molar-refractivity contribution in [2.45, 2.75) is 146 Å². The topological polar surface area (TPSA) is 293 Å². The van der Waals surface area contributed by atoms with Crippen molar-refractivity contribution in [1.82, 2.24) is 31.9 Å². The van der Waals surface area contributed by atoms with Crippen LogP contribution in [-0.2, 0) is 40.0 Å². The molecule has 3 saturated carbocycles. The number of hydrogen-bond acceptors (Lipinski definition) is 8. The first-order chi connectivity index (χ1) is 27.8. The normalized spacial score (nSPS) is 24.2. The molecule has 3 aliphatic carbocycles. The van der Waals surface area contributed by atoms with E-state index in [1.165, 1.54) is 19.1 Å². The summed E-state index contributed by atoms with van der Waals surface area (Å²) in [5, 5.41) is 27.4. The minimum atomic E-state index is -1.04. The standard InChI is InChI=1S/C41H65N9O8/c1-24(51)45-30-14-6-9-27(30)38(55)49-34(13-3-5-22-43)40(57)46-31-15-8-11-29(31)39(56)50-35(23-25-17-19-26(52)20-18-25)41(58)47-32-16-7-10-28(32)37(54)48-33(36(44)53)12-2-4-21-42/h17-20,27-35,52H,2-16,21-23,42-43H2,1H3,(H2,44,53)(H,45,51)(H,46,57)(H,47,58)(H,48,54)(H,49,55)(H,50,56)/p+2/t27?,28?,29?,30?,31?,32?,33-,34-,35-/m0/s1. The first-order valence-electron chi connectivity index (χ1n) is 21.3. The Morgan fingerprint density at radius 1 is 0.621 bits per heavy atom. The van der Waals surface area contributed by atoms with Crippen LogP contribution in [0, 0.1) is 17.8 Å². The number of carbonyl (C=O) groups is 7. The van der Waals surface area contributed by atoms with Gasteiger partial charge < -0.3 is 54.2 Å². The van der Waals surface area contributed by atoms with Gasteiger partial charge in [0.25, 0.3) is 0 Å². The van der Waals surface area contributed by atoms with Gasteiger partial charge in [-0.3, -0.25) is 33.6 Å². The van der Waals surface area contributed by atoms with E-state index < -0.39 is 65.7 Å². The van der Waals surface area contributed by atoms with Crippen LogP contribution < -0.4 is 49.1 Å². The lowest BCUT2D eigenvalue weighted by Crippen LogP contribution is -2.57. The van der Waals surface area contributed by atoms with E-state index in [1.807, 2.05) is 0 Å². The Balaban J connectivity index is 1.44. The monoisotopic (exact) mass is 814 g/mol. The highest BCUT2D eigenvalue weighted by Gasteiger charge is 2.40. The smallest absolute Gasteiger partial charge is 0.243 e. The molecule has 58 heavy (non-hydrogen) atoms. The van der Waals surface area contributed by atoms with Crippen molar-refractivity contribution < 1.29 is 50.1 Å². The number of benzene rings is 1. The SMILES string of the molecule is CC(=O)NC1CCCC1C(=O)N[C@@H](CCCC[NH3+])C(=O)NC1CCCC1C(=O)N[C@@H](Cc1ccc(O)cc1)C(=O)NC1CCCC1C(=O)N[C@@H](CCCC[NH3+])C(N)=O. The number of aromatic hydroxyl groups is 1. The molecule has 1 aromatic rings. The largest absolute Gasteiger partial charge is 0.508 e. The maximum Gasteiger partial charge on any atom is 0.243 e. The Morgan fingerprint density at radius 3 is 1.48 bits per heavy atom. The van der Waals surface area contributed by atoms with Crippen LogP contribution in [0.2, 0.25) is 0 Å². The van der Waals surface area contributed by atoms with E-state index in [9.17, 15) is 38.7 Å². The number of carbonyl (C=O) groups excluding carboxylic acids is 7. The van der Waals surface area contributed by atoms with Gasteiger partial charge in [-0.2, -0.15) is 0 Å². The van der Waals surface area contributed by atoms with Crippen LogP contribution in [0.5, 0.6) is 5.75 Å². The molecule has 9 atom stereocenters. The van der Waals surface area contributed by atoms with Crippen molar-refractivity contribution >= 4 is 41.4 Å². The number of nitrogens with one attached hydrogen (secondary N) is 6. The van der Waals surface area contributed by atoms with Gasteiger partial charge in [0.05, 0.1) is 30.8 Å². The Hall–Kier alpha value is -4.77. The van der Waals surface area contributed by atoms with Crippen molar-refractivity contribution in [2.24, 2.45) is 23.5 Å². The highest BCUT2D eigenvalue weighted by molar-refractivity contribution is 5.92. The van der Waals surface area contributed by atoms with Gasteiger partial charge in [0.15, 0.2) is 0 Å². The van der Waals surface area contributed by atoms with Gasteiger partial charge in [-0.1, -0.05) is 31.4 Å². The minimum Gasteiger partial charge on any atom is -0.508 e. The van der Waals surface area contributed by atoms with Crippen LogP contribution in [-0.4, -0.2) is 95.8 Å². The van der Waals surface area contributed by atoms with E-state index in [0.29, 0.717) is 95.7 Å². The molecule has 4 rings (SSSR count).